The van der Waals surface area contributed by atoms with Gasteiger partial charge in [0.2, 0.25) is 0 Å². The van der Waals surface area contributed by atoms with Gasteiger partial charge >= 0.3 is 6.36 Å². The number of halogens is 3. The Hall–Kier alpha value is -0.740. The summed E-state index contributed by atoms with van der Waals surface area (Å²) in [5.74, 6) is 0. The molecule has 0 atom stereocenters. The number of hydrogen-bond donors (Lipinski definition) is 0. The van der Waals surface area contributed by atoms with Gasteiger partial charge in [0, 0.05) is 0 Å². The van der Waals surface area contributed by atoms with Crippen molar-refractivity contribution in [2.75, 3.05) is 0 Å². The fraction of sp³-hybridized carbons (Fsp3) is 0.875. The molecule has 0 amide bonds. The van der Waals surface area contributed by atoms with E-state index < -0.39 is 6.36 Å². The summed E-state index contributed by atoms with van der Waals surface area (Å²) in [6.07, 6.45) is -4.21. The van der Waals surface area contributed by atoms with Crippen LogP contribution in [-0.4, -0.2) is 12.1 Å². The lowest BCUT2D eigenvalue weighted by Crippen LogP contribution is -2.14. The van der Waals surface area contributed by atoms with E-state index in [1.54, 1.807) is 0 Å². The second-order valence-corrected chi connectivity index (χ2v) is 4.10. The quantitative estimate of drug-likeness (QED) is 0.491. The number of rotatable bonds is 2. The van der Waals surface area contributed by atoms with Crippen LogP contribution in [0.25, 0.3) is 0 Å². The largest absolute Gasteiger partial charge is 0.593 e. The van der Waals surface area contributed by atoms with Crippen LogP contribution in [0.5, 0.6) is 0 Å². The normalized spacial score (nSPS) is 14.5. The third kappa shape index (κ3) is 9.17. The Balaban J connectivity index is 4.05. The van der Waals surface area contributed by atoms with Crippen molar-refractivity contribution in [3.05, 3.63) is 0 Å². The Kier molecular flexibility index (Phi) is 3.75. The van der Waals surface area contributed by atoms with Gasteiger partial charge in [-0.1, -0.05) is 25.9 Å². The van der Waals surface area contributed by atoms with Gasteiger partial charge in [0.05, 0.1) is 5.71 Å². The van der Waals surface area contributed by atoms with E-state index in [1.165, 1.54) is 6.92 Å². The van der Waals surface area contributed by atoms with E-state index in [-0.39, 0.29) is 5.41 Å². The van der Waals surface area contributed by atoms with Gasteiger partial charge in [-0.05, 0) is 18.8 Å². The van der Waals surface area contributed by atoms with Crippen molar-refractivity contribution in [3.8, 4) is 0 Å². The molecule has 0 aliphatic rings. The van der Waals surface area contributed by atoms with Crippen LogP contribution in [-0.2, 0) is 4.84 Å². The van der Waals surface area contributed by atoms with Gasteiger partial charge < -0.3 is 0 Å². The van der Waals surface area contributed by atoms with Gasteiger partial charge in [0.25, 0.3) is 0 Å². The average Bonchev–Trinajstić information content (AvgIpc) is 1.78. The molecule has 0 bridgehead atoms. The van der Waals surface area contributed by atoms with Crippen LogP contribution in [0, 0.1) is 5.41 Å². The highest BCUT2D eigenvalue weighted by Gasteiger charge is 2.31. The molecule has 0 saturated heterocycles. The van der Waals surface area contributed by atoms with Crippen molar-refractivity contribution in [2.24, 2.45) is 10.6 Å². The van der Waals surface area contributed by atoms with E-state index in [4.69, 9.17) is 0 Å². The number of nitrogens with zero attached hydrogens (tertiary/aromatic N) is 1. The van der Waals surface area contributed by atoms with Crippen LogP contribution < -0.4 is 0 Å². The maximum absolute atomic E-state index is 11.5. The third-order valence-electron chi connectivity index (χ3n) is 1.09. The van der Waals surface area contributed by atoms with Gasteiger partial charge in [-0.3, -0.25) is 4.84 Å². The third-order valence-corrected chi connectivity index (χ3v) is 1.09. The van der Waals surface area contributed by atoms with Crippen LogP contribution in [0.4, 0.5) is 13.2 Å². The number of hydrogen-bond acceptors (Lipinski definition) is 2. The summed E-state index contributed by atoms with van der Waals surface area (Å²) in [5, 5.41) is 2.97. The summed E-state index contributed by atoms with van der Waals surface area (Å²) in [6, 6.07) is 0. The Morgan fingerprint density at radius 2 is 1.69 bits per heavy atom. The molecular formula is C8H14F3NO. The van der Waals surface area contributed by atoms with Crippen molar-refractivity contribution in [1.29, 1.82) is 0 Å². The van der Waals surface area contributed by atoms with Gasteiger partial charge in [0.15, 0.2) is 0 Å². The first-order valence-corrected chi connectivity index (χ1v) is 3.88. The monoisotopic (exact) mass is 197 g/mol. The average molecular weight is 197 g/mol. The Labute approximate surface area is 75.8 Å². The molecule has 0 fully saturated rings. The van der Waals surface area contributed by atoms with Crippen molar-refractivity contribution in [2.45, 2.75) is 40.5 Å². The highest BCUT2D eigenvalue weighted by Crippen LogP contribution is 2.21. The van der Waals surface area contributed by atoms with E-state index in [0.717, 1.165) is 0 Å². The lowest BCUT2D eigenvalue weighted by molar-refractivity contribution is -0.325. The lowest BCUT2D eigenvalue weighted by Gasteiger charge is -2.17. The minimum Gasteiger partial charge on any atom is -0.294 e. The first-order valence-electron chi connectivity index (χ1n) is 3.88. The summed E-state index contributed by atoms with van der Waals surface area (Å²) < 4.78 is 34.6. The summed E-state index contributed by atoms with van der Waals surface area (Å²) in [7, 11) is 0. The minimum absolute atomic E-state index is 0.0808. The molecule has 0 aliphatic carbocycles. The zero-order valence-electron chi connectivity index (χ0n) is 8.20. The molecular weight excluding hydrogens is 183 g/mol. The van der Waals surface area contributed by atoms with Crippen LogP contribution in [0.2, 0.25) is 0 Å². The molecule has 0 aromatic heterocycles. The van der Waals surface area contributed by atoms with Crippen LogP contribution in [0.3, 0.4) is 0 Å². The molecule has 0 N–H and O–H groups in total. The van der Waals surface area contributed by atoms with Gasteiger partial charge in [0.1, 0.15) is 0 Å². The standard InChI is InChI=1S/C8H14F3NO/c1-6(5-7(2,3)4)12-13-8(9,10)11/h5H2,1-4H3/b12-6-. The fourth-order valence-corrected chi connectivity index (χ4v) is 0.929. The van der Waals surface area contributed by atoms with Crippen molar-refractivity contribution in [1.82, 2.24) is 0 Å². The van der Waals surface area contributed by atoms with Crippen molar-refractivity contribution < 1.29 is 18.0 Å². The Bertz CT molecular complexity index is 191. The summed E-state index contributed by atoms with van der Waals surface area (Å²) >= 11 is 0. The SMILES string of the molecule is C/C(CC(C)(C)C)=N/OC(F)(F)F. The molecule has 13 heavy (non-hydrogen) atoms. The van der Waals surface area contributed by atoms with Crippen LogP contribution in [0.1, 0.15) is 34.1 Å². The van der Waals surface area contributed by atoms with E-state index in [1.807, 2.05) is 20.8 Å². The minimum atomic E-state index is -4.68. The molecule has 0 aromatic rings. The fourth-order valence-electron chi connectivity index (χ4n) is 0.929. The maximum atomic E-state index is 11.5. The van der Waals surface area contributed by atoms with Crippen molar-refractivity contribution in [3.63, 3.8) is 0 Å². The van der Waals surface area contributed by atoms with Gasteiger partial charge in [-0.25, -0.2) is 0 Å². The van der Waals surface area contributed by atoms with Gasteiger partial charge in [-0.2, -0.15) is 0 Å². The molecule has 5 heteroatoms. The zero-order valence-corrected chi connectivity index (χ0v) is 8.20. The molecule has 0 aromatic carbocycles. The van der Waals surface area contributed by atoms with Gasteiger partial charge in [-0.15, -0.1) is 13.2 Å². The van der Waals surface area contributed by atoms with E-state index in [9.17, 15) is 13.2 Å². The second-order valence-electron chi connectivity index (χ2n) is 4.10. The molecule has 2 nitrogen and oxygen atoms in total. The first kappa shape index (κ1) is 12.3. The molecule has 0 rings (SSSR count). The Morgan fingerprint density at radius 3 is 2.00 bits per heavy atom. The lowest BCUT2D eigenvalue weighted by atomic mass is 9.90. The predicted octanol–water partition coefficient (Wildman–Crippen LogP) is 3.33. The summed E-state index contributed by atoms with van der Waals surface area (Å²) in [4.78, 5) is 3.32. The molecule has 0 spiro atoms. The van der Waals surface area contributed by atoms with E-state index in [2.05, 4.69) is 9.99 Å². The van der Waals surface area contributed by atoms with Crippen molar-refractivity contribution >= 4 is 5.71 Å². The molecule has 0 saturated carbocycles. The highest BCUT2D eigenvalue weighted by molar-refractivity contribution is 5.81. The first-order chi connectivity index (χ1) is 5.60. The van der Waals surface area contributed by atoms with Crippen LogP contribution in [0.15, 0.2) is 5.16 Å². The van der Waals surface area contributed by atoms with Crippen LogP contribution >= 0.6 is 0 Å². The number of alkyl halides is 3. The second kappa shape index (κ2) is 3.98. The molecule has 0 heterocycles. The summed E-state index contributed by atoms with van der Waals surface area (Å²) in [6.45, 7) is 7.26. The highest BCUT2D eigenvalue weighted by atomic mass is 19.4. The topological polar surface area (TPSA) is 21.6 Å². The Morgan fingerprint density at radius 1 is 1.23 bits per heavy atom. The molecule has 0 radical (unpaired) electrons. The smallest absolute Gasteiger partial charge is 0.294 e. The summed E-state index contributed by atoms with van der Waals surface area (Å²) in [5.41, 5.74) is 0.257. The predicted molar refractivity (Wildman–Crippen MR) is 44.3 cm³/mol. The van der Waals surface area contributed by atoms with E-state index in [0.29, 0.717) is 12.1 Å². The molecule has 78 valence electrons. The zero-order chi connectivity index (χ0) is 10.7. The molecule has 0 unspecified atom stereocenters. The number of oxime groups is 1. The molecule has 0 aliphatic heterocycles. The maximum Gasteiger partial charge on any atom is 0.593 e. The van der Waals surface area contributed by atoms with E-state index >= 15 is 0 Å².